The Kier molecular flexibility index (Phi) is 3.86. The molecule has 3 heteroatoms. The maximum atomic E-state index is 6.19. The molecule has 1 atom stereocenters. The molecule has 1 aliphatic heterocycles. The molecule has 0 aromatic heterocycles. The Hall–Kier alpha value is -0.730. The fourth-order valence-corrected chi connectivity index (χ4v) is 6.51. The van der Waals surface area contributed by atoms with Crippen molar-refractivity contribution in [3.63, 3.8) is 0 Å². The second-order valence-corrected chi connectivity index (χ2v) is 8.86. The van der Waals surface area contributed by atoms with Crippen molar-refractivity contribution in [2.45, 2.75) is 77.2 Å². The summed E-state index contributed by atoms with van der Waals surface area (Å²) in [5.74, 6) is 4.01. The molecule has 124 valence electrons. The highest BCUT2D eigenvalue weighted by Gasteiger charge is 2.50. The van der Waals surface area contributed by atoms with Gasteiger partial charge in [0.15, 0.2) is 5.96 Å². The van der Waals surface area contributed by atoms with E-state index in [9.17, 15) is 0 Å². The second kappa shape index (κ2) is 5.72. The van der Waals surface area contributed by atoms with Gasteiger partial charge < -0.3 is 10.6 Å². The van der Waals surface area contributed by atoms with Gasteiger partial charge in [0.05, 0.1) is 12.6 Å². The molecule has 0 radical (unpaired) electrons. The van der Waals surface area contributed by atoms with Crippen molar-refractivity contribution in [3.05, 3.63) is 0 Å². The molecule has 0 aromatic rings. The lowest BCUT2D eigenvalue weighted by atomic mass is 9.49. The van der Waals surface area contributed by atoms with E-state index in [4.69, 9.17) is 5.73 Å². The molecule has 4 saturated carbocycles. The number of hydrogen-bond donors (Lipinski definition) is 1. The first-order chi connectivity index (χ1) is 10.7. The van der Waals surface area contributed by atoms with Gasteiger partial charge in [-0.2, -0.15) is 0 Å². The summed E-state index contributed by atoms with van der Waals surface area (Å²) in [4.78, 5) is 6.99. The summed E-state index contributed by atoms with van der Waals surface area (Å²) in [5.41, 5.74) is 6.87. The highest BCUT2D eigenvalue weighted by molar-refractivity contribution is 5.80. The molecular formula is C19H33N3. The molecule has 2 N–H and O–H groups in total. The number of nitrogens with two attached hydrogens (primary N) is 1. The first-order valence-electron chi connectivity index (χ1n) is 9.74. The molecule has 0 aromatic carbocycles. The Morgan fingerprint density at radius 2 is 1.77 bits per heavy atom. The van der Waals surface area contributed by atoms with Gasteiger partial charge in [0.25, 0.3) is 0 Å². The number of guanidine groups is 1. The molecular weight excluding hydrogens is 270 g/mol. The lowest BCUT2D eigenvalue weighted by Gasteiger charge is -2.57. The van der Waals surface area contributed by atoms with Gasteiger partial charge in [0.2, 0.25) is 0 Å². The lowest BCUT2D eigenvalue weighted by molar-refractivity contribution is -0.0597. The fourth-order valence-electron chi connectivity index (χ4n) is 6.51. The highest BCUT2D eigenvalue weighted by atomic mass is 15.3. The van der Waals surface area contributed by atoms with Crippen LogP contribution in [0.4, 0.5) is 0 Å². The van der Waals surface area contributed by atoms with Crippen molar-refractivity contribution in [2.75, 3.05) is 13.1 Å². The number of hydrogen-bond acceptors (Lipinski definition) is 3. The normalized spacial score (nSPS) is 43.0. The fraction of sp³-hybridized carbons (Fsp3) is 0.947. The third-order valence-corrected chi connectivity index (χ3v) is 7.14. The largest absolute Gasteiger partial charge is 0.370 e. The van der Waals surface area contributed by atoms with Crippen LogP contribution in [0.2, 0.25) is 0 Å². The minimum atomic E-state index is 0.592. The maximum Gasteiger partial charge on any atom is 0.191 e. The van der Waals surface area contributed by atoms with E-state index in [1.807, 2.05) is 0 Å². The predicted octanol–water partition coefficient (Wildman–Crippen LogP) is 3.78. The van der Waals surface area contributed by atoms with Gasteiger partial charge in [-0.05, 0) is 74.5 Å². The molecule has 1 heterocycles. The first-order valence-corrected chi connectivity index (χ1v) is 9.74. The molecule has 4 bridgehead atoms. The van der Waals surface area contributed by atoms with E-state index in [1.54, 1.807) is 19.3 Å². The minimum absolute atomic E-state index is 0.592. The van der Waals surface area contributed by atoms with Crippen LogP contribution in [0.25, 0.3) is 0 Å². The van der Waals surface area contributed by atoms with Crippen LogP contribution in [0.3, 0.4) is 0 Å². The van der Waals surface area contributed by atoms with E-state index in [0.717, 1.165) is 36.8 Å². The summed E-state index contributed by atoms with van der Waals surface area (Å²) in [7, 11) is 0. The second-order valence-electron chi connectivity index (χ2n) is 8.86. The average Bonchev–Trinajstić information content (AvgIpc) is 2.82. The van der Waals surface area contributed by atoms with Gasteiger partial charge in [0.1, 0.15) is 0 Å². The first kappa shape index (κ1) is 14.8. The number of nitrogens with zero attached hydrogens (tertiary/aromatic N) is 2. The maximum absolute atomic E-state index is 6.19. The molecule has 22 heavy (non-hydrogen) atoms. The number of unbranched alkanes of at least 4 members (excludes halogenated alkanes) is 1. The van der Waals surface area contributed by atoms with E-state index in [2.05, 4.69) is 16.8 Å². The van der Waals surface area contributed by atoms with Gasteiger partial charge in [-0.15, -0.1) is 0 Å². The Bertz CT molecular complexity index is 407. The molecule has 0 unspecified atom stereocenters. The molecule has 4 fully saturated rings. The SMILES string of the molecule is CCCC[C@H]1CN=C(N)N1CCC12CC3CC(CC(C3)C1)C2. The summed E-state index contributed by atoms with van der Waals surface area (Å²) in [6.45, 7) is 4.38. The Morgan fingerprint density at radius 3 is 2.36 bits per heavy atom. The van der Waals surface area contributed by atoms with Gasteiger partial charge in [0, 0.05) is 6.54 Å². The van der Waals surface area contributed by atoms with Crippen LogP contribution in [0, 0.1) is 23.2 Å². The van der Waals surface area contributed by atoms with Crippen molar-refractivity contribution >= 4 is 5.96 Å². The zero-order chi connectivity index (χ0) is 15.2. The molecule has 0 spiro atoms. The standard InChI is InChI=1S/C19H33N3/c1-2-3-4-17-13-21-18(20)22(17)6-5-19-10-14-7-15(11-19)9-16(8-14)12-19/h14-17H,2-13H2,1H3,(H2,20,21)/t14?,15?,16?,17-,19?/m0/s1. The predicted molar refractivity (Wildman–Crippen MR) is 91.7 cm³/mol. The summed E-state index contributed by atoms with van der Waals surface area (Å²) < 4.78 is 0. The summed E-state index contributed by atoms with van der Waals surface area (Å²) in [6, 6.07) is 0.592. The molecule has 0 saturated heterocycles. The third kappa shape index (κ3) is 2.65. The van der Waals surface area contributed by atoms with Crippen molar-refractivity contribution in [2.24, 2.45) is 33.9 Å². The molecule has 4 aliphatic carbocycles. The van der Waals surface area contributed by atoms with E-state index in [1.165, 1.54) is 44.9 Å². The lowest BCUT2D eigenvalue weighted by Crippen LogP contribution is -2.49. The molecule has 5 rings (SSSR count). The van der Waals surface area contributed by atoms with Crippen molar-refractivity contribution in [3.8, 4) is 0 Å². The molecule has 0 amide bonds. The zero-order valence-electron chi connectivity index (χ0n) is 14.3. The molecule has 3 nitrogen and oxygen atoms in total. The van der Waals surface area contributed by atoms with Crippen LogP contribution < -0.4 is 5.73 Å². The van der Waals surface area contributed by atoms with Crippen LogP contribution in [0.5, 0.6) is 0 Å². The molecule has 5 aliphatic rings. The van der Waals surface area contributed by atoms with E-state index in [-0.39, 0.29) is 0 Å². The van der Waals surface area contributed by atoms with Crippen molar-refractivity contribution in [1.82, 2.24) is 4.90 Å². The van der Waals surface area contributed by atoms with E-state index in [0.29, 0.717) is 11.5 Å². The Morgan fingerprint density at radius 1 is 1.14 bits per heavy atom. The van der Waals surface area contributed by atoms with Crippen LogP contribution in [-0.4, -0.2) is 30.0 Å². The zero-order valence-corrected chi connectivity index (χ0v) is 14.3. The van der Waals surface area contributed by atoms with Gasteiger partial charge in [-0.25, -0.2) is 0 Å². The highest BCUT2D eigenvalue weighted by Crippen LogP contribution is 2.61. The van der Waals surface area contributed by atoms with Crippen LogP contribution in [0.1, 0.15) is 71.1 Å². The Balaban J connectivity index is 1.38. The number of aliphatic imine (C=N–C) groups is 1. The summed E-state index contributed by atoms with van der Waals surface area (Å²) >= 11 is 0. The van der Waals surface area contributed by atoms with Crippen LogP contribution in [-0.2, 0) is 0 Å². The van der Waals surface area contributed by atoms with E-state index >= 15 is 0 Å². The summed E-state index contributed by atoms with van der Waals surface area (Å²) in [6.07, 6.45) is 14.4. The minimum Gasteiger partial charge on any atom is -0.370 e. The topological polar surface area (TPSA) is 41.6 Å². The van der Waals surface area contributed by atoms with Crippen molar-refractivity contribution in [1.29, 1.82) is 0 Å². The van der Waals surface area contributed by atoms with Gasteiger partial charge in [-0.1, -0.05) is 19.8 Å². The number of rotatable bonds is 6. The van der Waals surface area contributed by atoms with Crippen molar-refractivity contribution < 1.29 is 0 Å². The van der Waals surface area contributed by atoms with Gasteiger partial charge in [-0.3, -0.25) is 4.99 Å². The Labute approximate surface area is 135 Å². The average molecular weight is 303 g/mol. The van der Waals surface area contributed by atoms with Gasteiger partial charge >= 0.3 is 0 Å². The quantitative estimate of drug-likeness (QED) is 0.811. The third-order valence-electron chi connectivity index (χ3n) is 7.14. The van der Waals surface area contributed by atoms with E-state index < -0.39 is 0 Å². The van der Waals surface area contributed by atoms with Crippen LogP contribution >= 0.6 is 0 Å². The summed E-state index contributed by atoms with van der Waals surface area (Å²) in [5, 5.41) is 0. The monoisotopic (exact) mass is 303 g/mol. The smallest absolute Gasteiger partial charge is 0.191 e. The van der Waals surface area contributed by atoms with Crippen LogP contribution in [0.15, 0.2) is 4.99 Å².